The Hall–Kier alpha value is -2.10. The molecule has 3 N–H and O–H groups in total. The number of fused-ring (bicyclic) bond motifs is 1. The number of carboxylic acids is 1. The van der Waals surface area contributed by atoms with Gasteiger partial charge in [-0.15, -0.1) is 0 Å². The fraction of sp³-hybridized carbons (Fsp3) is 0.412. The first-order valence-electron chi connectivity index (χ1n) is 7.38. The van der Waals surface area contributed by atoms with Crippen LogP contribution in [0.4, 0.5) is 5.69 Å². The molecule has 2 rings (SSSR count). The average Bonchev–Trinajstić information content (AvgIpc) is 2.43. The van der Waals surface area contributed by atoms with Gasteiger partial charge in [0.25, 0.3) is 0 Å². The molecule has 0 saturated carbocycles. The first kappa shape index (κ1) is 15.3. The third-order valence-corrected chi connectivity index (χ3v) is 3.98. The summed E-state index contributed by atoms with van der Waals surface area (Å²) in [5.74, 6) is -1.07. The van der Waals surface area contributed by atoms with Gasteiger partial charge in [-0.1, -0.05) is 19.8 Å². The Kier molecular flexibility index (Phi) is 4.46. The van der Waals surface area contributed by atoms with Gasteiger partial charge >= 0.3 is 5.97 Å². The minimum absolute atomic E-state index is 0.0303. The molecule has 1 aromatic carbocycles. The number of pyridine rings is 1. The van der Waals surface area contributed by atoms with E-state index in [1.165, 1.54) is 5.56 Å². The number of unbranched alkanes of at least 4 members (excludes halogenated alkanes) is 2. The van der Waals surface area contributed by atoms with Crippen LogP contribution in [-0.4, -0.2) is 16.1 Å². The SMILES string of the molecule is CCCCCc1c(N)c(C(=O)O)nc2cc(C)c(C)cc12. The lowest BCUT2D eigenvalue weighted by molar-refractivity contribution is 0.0692. The number of rotatable bonds is 5. The first-order valence-corrected chi connectivity index (χ1v) is 7.38. The third-order valence-electron chi connectivity index (χ3n) is 3.98. The van der Waals surface area contributed by atoms with Gasteiger partial charge in [-0.25, -0.2) is 9.78 Å². The van der Waals surface area contributed by atoms with Gasteiger partial charge in [0, 0.05) is 5.39 Å². The van der Waals surface area contributed by atoms with E-state index in [-0.39, 0.29) is 5.69 Å². The highest BCUT2D eigenvalue weighted by atomic mass is 16.4. The van der Waals surface area contributed by atoms with E-state index in [0.29, 0.717) is 5.69 Å². The number of aromatic carboxylic acids is 1. The van der Waals surface area contributed by atoms with Crippen LogP contribution in [0, 0.1) is 13.8 Å². The summed E-state index contributed by atoms with van der Waals surface area (Å²) in [6, 6.07) is 4.01. The van der Waals surface area contributed by atoms with Crippen LogP contribution in [-0.2, 0) is 6.42 Å². The van der Waals surface area contributed by atoms with Crippen molar-refractivity contribution >= 4 is 22.6 Å². The standard InChI is InChI=1S/C17H22N2O2/c1-4-5-6-7-12-13-8-10(2)11(3)9-14(13)19-16(15(12)18)17(20)21/h8-9H,4-7,18H2,1-3H3,(H,20,21). The number of nitrogens with two attached hydrogens (primary N) is 1. The predicted molar refractivity (Wildman–Crippen MR) is 85.8 cm³/mol. The molecule has 112 valence electrons. The van der Waals surface area contributed by atoms with E-state index in [0.717, 1.165) is 47.7 Å². The average molecular weight is 286 g/mol. The maximum atomic E-state index is 11.4. The molecule has 1 heterocycles. The largest absolute Gasteiger partial charge is 0.476 e. The maximum absolute atomic E-state index is 11.4. The maximum Gasteiger partial charge on any atom is 0.356 e. The van der Waals surface area contributed by atoms with Gasteiger partial charge < -0.3 is 10.8 Å². The molecule has 0 atom stereocenters. The lowest BCUT2D eigenvalue weighted by Gasteiger charge is -2.14. The first-order chi connectivity index (χ1) is 9.95. The molecule has 0 aliphatic heterocycles. The molecule has 4 heteroatoms. The molecule has 0 spiro atoms. The van der Waals surface area contributed by atoms with Crippen molar-refractivity contribution in [2.45, 2.75) is 46.5 Å². The Balaban J connectivity index is 2.67. The second kappa shape index (κ2) is 6.12. The van der Waals surface area contributed by atoms with E-state index in [9.17, 15) is 9.90 Å². The van der Waals surface area contributed by atoms with Crippen LogP contribution in [0.5, 0.6) is 0 Å². The monoisotopic (exact) mass is 286 g/mol. The fourth-order valence-electron chi connectivity index (χ4n) is 2.59. The van der Waals surface area contributed by atoms with Crippen molar-refractivity contribution in [1.29, 1.82) is 0 Å². The van der Waals surface area contributed by atoms with Crippen LogP contribution in [0.1, 0.15) is 53.4 Å². The quantitative estimate of drug-likeness (QED) is 0.818. The highest BCUT2D eigenvalue weighted by Gasteiger charge is 2.17. The molecule has 0 unspecified atom stereocenters. The van der Waals surface area contributed by atoms with Gasteiger partial charge in [0.15, 0.2) is 5.69 Å². The number of hydrogen-bond acceptors (Lipinski definition) is 3. The second-order valence-corrected chi connectivity index (χ2v) is 5.57. The normalized spacial score (nSPS) is 11.0. The summed E-state index contributed by atoms with van der Waals surface area (Å²) in [6.07, 6.45) is 4.02. The summed E-state index contributed by atoms with van der Waals surface area (Å²) < 4.78 is 0. The molecule has 0 fully saturated rings. The van der Waals surface area contributed by atoms with Gasteiger partial charge in [-0.3, -0.25) is 0 Å². The third kappa shape index (κ3) is 2.99. The molecule has 2 aromatic rings. The summed E-state index contributed by atoms with van der Waals surface area (Å²) >= 11 is 0. The van der Waals surface area contributed by atoms with E-state index >= 15 is 0 Å². The molecule has 0 amide bonds. The van der Waals surface area contributed by atoms with Crippen molar-refractivity contribution in [3.8, 4) is 0 Å². The molecular weight excluding hydrogens is 264 g/mol. The zero-order valence-corrected chi connectivity index (χ0v) is 12.9. The van der Waals surface area contributed by atoms with Gasteiger partial charge in [0.05, 0.1) is 11.2 Å². The van der Waals surface area contributed by atoms with Crippen molar-refractivity contribution in [2.75, 3.05) is 5.73 Å². The number of benzene rings is 1. The van der Waals surface area contributed by atoms with Crippen molar-refractivity contribution < 1.29 is 9.90 Å². The van der Waals surface area contributed by atoms with Crippen molar-refractivity contribution in [2.24, 2.45) is 0 Å². The van der Waals surface area contributed by atoms with Gasteiger partial charge in [-0.2, -0.15) is 0 Å². The minimum atomic E-state index is -1.07. The Morgan fingerprint density at radius 1 is 1.24 bits per heavy atom. The number of hydrogen-bond donors (Lipinski definition) is 2. The smallest absolute Gasteiger partial charge is 0.356 e. The topological polar surface area (TPSA) is 76.2 Å². The summed E-state index contributed by atoms with van der Waals surface area (Å²) in [7, 11) is 0. The highest BCUT2D eigenvalue weighted by Crippen LogP contribution is 2.29. The van der Waals surface area contributed by atoms with Crippen LogP contribution in [0.15, 0.2) is 12.1 Å². The van der Waals surface area contributed by atoms with E-state index in [1.54, 1.807) is 0 Å². The van der Waals surface area contributed by atoms with Gasteiger partial charge in [0.1, 0.15) is 0 Å². The number of nitrogens with zero attached hydrogens (tertiary/aromatic N) is 1. The Morgan fingerprint density at radius 2 is 1.90 bits per heavy atom. The molecule has 0 aliphatic rings. The number of aromatic nitrogens is 1. The number of carbonyl (C=O) groups is 1. The van der Waals surface area contributed by atoms with Crippen LogP contribution in [0.2, 0.25) is 0 Å². The van der Waals surface area contributed by atoms with E-state index < -0.39 is 5.97 Å². The van der Waals surface area contributed by atoms with Crippen LogP contribution in [0.25, 0.3) is 10.9 Å². The molecule has 21 heavy (non-hydrogen) atoms. The van der Waals surface area contributed by atoms with Crippen molar-refractivity contribution in [3.05, 3.63) is 34.5 Å². The van der Waals surface area contributed by atoms with Crippen molar-refractivity contribution in [3.63, 3.8) is 0 Å². The van der Waals surface area contributed by atoms with E-state index in [1.807, 2.05) is 19.9 Å². The molecule has 0 aliphatic carbocycles. The van der Waals surface area contributed by atoms with Gasteiger partial charge in [0.2, 0.25) is 0 Å². The molecule has 0 radical (unpaired) electrons. The zero-order chi connectivity index (χ0) is 15.6. The molecule has 0 saturated heterocycles. The van der Waals surface area contributed by atoms with Gasteiger partial charge in [-0.05, 0) is 55.5 Å². The predicted octanol–water partition coefficient (Wildman–Crippen LogP) is 3.86. The summed E-state index contributed by atoms with van der Waals surface area (Å²) in [5.41, 5.74) is 10.3. The lowest BCUT2D eigenvalue weighted by Crippen LogP contribution is -2.10. The molecular formula is C17H22N2O2. The Bertz CT molecular complexity index is 693. The minimum Gasteiger partial charge on any atom is -0.476 e. The zero-order valence-electron chi connectivity index (χ0n) is 12.9. The molecule has 0 bridgehead atoms. The fourth-order valence-corrected chi connectivity index (χ4v) is 2.59. The van der Waals surface area contributed by atoms with Crippen LogP contribution >= 0.6 is 0 Å². The summed E-state index contributed by atoms with van der Waals surface area (Å²) in [6.45, 7) is 6.19. The Labute approximate surface area is 125 Å². The number of aryl methyl sites for hydroxylation is 3. The number of nitrogen functional groups attached to an aromatic ring is 1. The highest BCUT2D eigenvalue weighted by molar-refractivity contribution is 5.99. The number of anilines is 1. The van der Waals surface area contributed by atoms with Crippen LogP contribution < -0.4 is 5.73 Å². The molecule has 4 nitrogen and oxygen atoms in total. The number of carboxylic acid groups (broad SMARTS) is 1. The second-order valence-electron chi connectivity index (χ2n) is 5.57. The lowest BCUT2D eigenvalue weighted by atomic mass is 9.96. The summed E-state index contributed by atoms with van der Waals surface area (Å²) in [4.78, 5) is 15.6. The van der Waals surface area contributed by atoms with E-state index in [4.69, 9.17) is 5.73 Å². The van der Waals surface area contributed by atoms with E-state index in [2.05, 4.69) is 18.0 Å². The Morgan fingerprint density at radius 3 is 2.52 bits per heavy atom. The van der Waals surface area contributed by atoms with Crippen LogP contribution in [0.3, 0.4) is 0 Å². The molecule has 1 aromatic heterocycles. The van der Waals surface area contributed by atoms with Crippen molar-refractivity contribution in [1.82, 2.24) is 4.98 Å². The summed E-state index contributed by atoms with van der Waals surface area (Å²) in [5, 5.41) is 10.3.